The molecule has 0 aromatic heterocycles. The number of carbonyl (C=O) groups is 2. The van der Waals surface area contributed by atoms with Crippen LogP contribution in [0.2, 0.25) is 0 Å². The van der Waals surface area contributed by atoms with Gasteiger partial charge in [-0.25, -0.2) is 4.79 Å². The quantitative estimate of drug-likeness (QED) is 0.496. The van der Waals surface area contributed by atoms with Crippen LogP contribution >= 0.6 is 0 Å². The second-order valence-corrected chi connectivity index (χ2v) is 6.87. The summed E-state index contributed by atoms with van der Waals surface area (Å²) < 4.78 is 15.2. The van der Waals surface area contributed by atoms with Gasteiger partial charge in [0.25, 0.3) is 6.29 Å². The van der Waals surface area contributed by atoms with Gasteiger partial charge in [0.2, 0.25) is 0 Å². The largest absolute Gasteiger partial charge is 0.511 e. The molecule has 0 saturated heterocycles. The SMILES string of the molecule is CCC(OC(=O)OC(C)C)OC(=O)[C@@H](C)c1ccc(CC(C)C)cc1. The minimum Gasteiger partial charge on any atom is -0.431 e. The van der Waals surface area contributed by atoms with Gasteiger partial charge in [0, 0.05) is 6.42 Å². The summed E-state index contributed by atoms with van der Waals surface area (Å²) in [7, 11) is 0. The summed E-state index contributed by atoms with van der Waals surface area (Å²) in [6.45, 7) is 11.3. The van der Waals surface area contributed by atoms with E-state index >= 15 is 0 Å². The molecule has 1 unspecified atom stereocenters. The van der Waals surface area contributed by atoms with E-state index < -0.39 is 24.3 Å². The maximum absolute atomic E-state index is 12.3. The Morgan fingerprint density at radius 1 is 0.920 bits per heavy atom. The van der Waals surface area contributed by atoms with Crippen molar-refractivity contribution in [2.24, 2.45) is 5.92 Å². The van der Waals surface area contributed by atoms with Gasteiger partial charge in [-0.05, 0) is 44.2 Å². The fourth-order valence-corrected chi connectivity index (χ4v) is 2.30. The van der Waals surface area contributed by atoms with Crippen molar-refractivity contribution in [3.63, 3.8) is 0 Å². The minimum absolute atomic E-state index is 0.288. The molecule has 0 fully saturated rings. The van der Waals surface area contributed by atoms with Gasteiger partial charge < -0.3 is 14.2 Å². The lowest BCUT2D eigenvalue weighted by atomic mass is 9.97. The Labute approximate surface area is 150 Å². The predicted octanol–water partition coefficient (Wildman–Crippen LogP) is 4.83. The molecule has 0 saturated carbocycles. The number of carbonyl (C=O) groups excluding carboxylic acids is 2. The lowest BCUT2D eigenvalue weighted by Crippen LogP contribution is -2.27. The van der Waals surface area contributed by atoms with Crippen LogP contribution in [0.3, 0.4) is 0 Å². The average molecular weight is 350 g/mol. The Kier molecular flexibility index (Phi) is 8.46. The molecule has 5 nitrogen and oxygen atoms in total. The molecule has 0 heterocycles. The summed E-state index contributed by atoms with van der Waals surface area (Å²) >= 11 is 0. The summed E-state index contributed by atoms with van der Waals surface area (Å²) in [6, 6.07) is 7.96. The molecule has 0 aliphatic heterocycles. The smallest absolute Gasteiger partial charge is 0.431 e. The number of hydrogen-bond acceptors (Lipinski definition) is 5. The van der Waals surface area contributed by atoms with E-state index in [1.165, 1.54) is 5.56 Å². The summed E-state index contributed by atoms with van der Waals surface area (Å²) in [5.74, 6) is -0.283. The van der Waals surface area contributed by atoms with Crippen molar-refractivity contribution in [2.45, 2.75) is 72.7 Å². The van der Waals surface area contributed by atoms with Crippen LogP contribution in [0.25, 0.3) is 0 Å². The van der Waals surface area contributed by atoms with E-state index in [1.807, 2.05) is 24.3 Å². The fraction of sp³-hybridized carbons (Fsp3) is 0.600. The molecule has 1 aromatic rings. The Morgan fingerprint density at radius 3 is 2.00 bits per heavy atom. The number of rotatable bonds is 8. The number of hydrogen-bond donors (Lipinski definition) is 0. The number of benzene rings is 1. The molecule has 0 aliphatic rings. The first kappa shape index (κ1) is 21.0. The van der Waals surface area contributed by atoms with Gasteiger partial charge in [0.15, 0.2) is 0 Å². The first-order chi connectivity index (χ1) is 11.7. The van der Waals surface area contributed by atoms with Crippen LogP contribution in [0.4, 0.5) is 4.79 Å². The molecule has 0 bridgehead atoms. The van der Waals surface area contributed by atoms with Gasteiger partial charge in [0.05, 0.1) is 12.0 Å². The Balaban J connectivity index is 2.63. The van der Waals surface area contributed by atoms with Gasteiger partial charge in [0.1, 0.15) is 0 Å². The average Bonchev–Trinajstić information content (AvgIpc) is 2.52. The summed E-state index contributed by atoms with van der Waals surface area (Å²) in [5.41, 5.74) is 2.11. The zero-order chi connectivity index (χ0) is 19.0. The molecule has 25 heavy (non-hydrogen) atoms. The van der Waals surface area contributed by atoms with Gasteiger partial charge in [-0.1, -0.05) is 45.0 Å². The lowest BCUT2D eigenvalue weighted by Gasteiger charge is -2.20. The van der Waals surface area contributed by atoms with Crippen LogP contribution in [0.15, 0.2) is 24.3 Å². The first-order valence-corrected chi connectivity index (χ1v) is 8.89. The molecular formula is C20H30O5. The summed E-state index contributed by atoms with van der Waals surface area (Å²) in [4.78, 5) is 23.9. The van der Waals surface area contributed by atoms with E-state index in [0.29, 0.717) is 12.3 Å². The third-order valence-corrected chi connectivity index (χ3v) is 3.62. The van der Waals surface area contributed by atoms with Crippen molar-refractivity contribution in [2.75, 3.05) is 0 Å². The van der Waals surface area contributed by atoms with Crippen LogP contribution in [0.5, 0.6) is 0 Å². The van der Waals surface area contributed by atoms with Crippen molar-refractivity contribution in [1.82, 2.24) is 0 Å². The Morgan fingerprint density at radius 2 is 1.52 bits per heavy atom. The zero-order valence-electron chi connectivity index (χ0n) is 16.1. The van der Waals surface area contributed by atoms with Gasteiger partial charge in [-0.2, -0.15) is 0 Å². The highest BCUT2D eigenvalue weighted by atomic mass is 16.8. The number of esters is 1. The molecule has 2 atom stereocenters. The normalized spacial score (nSPS) is 13.4. The minimum atomic E-state index is -0.943. The van der Waals surface area contributed by atoms with Gasteiger partial charge in [-0.15, -0.1) is 0 Å². The van der Waals surface area contributed by atoms with Crippen LogP contribution in [0, 0.1) is 5.92 Å². The van der Waals surface area contributed by atoms with Gasteiger partial charge in [-0.3, -0.25) is 4.79 Å². The van der Waals surface area contributed by atoms with Crippen LogP contribution in [0.1, 0.15) is 65.0 Å². The monoisotopic (exact) mass is 350 g/mol. The van der Waals surface area contributed by atoms with Gasteiger partial charge >= 0.3 is 12.1 Å². The maximum atomic E-state index is 12.3. The molecule has 5 heteroatoms. The lowest BCUT2D eigenvalue weighted by molar-refractivity contribution is -0.173. The van der Waals surface area contributed by atoms with E-state index in [4.69, 9.17) is 14.2 Å². The zero-order valence-corrected chi connectivity index (χ0v) is 16.1. The second-order valence-electron chi connectivity index (χ2n) is 6.87. The highest BCUT2D eigenvalue weighted by molar-refractivity contribution is 5.78. The molecule has 1 rings (SSSR count). The highest BCUT2D eigenvalue weighted by Gasteiger charge is 2.23. The van der Waals surface area contributed by atoms with Crippen molar-refractivity contribution in [1.29, 1.82) is 0 Å². The third-order valence-electron chi connectivity index (χ3n) is 3.62. The molecule has 140 valence electrons. The fourth-order valence-electron chi connectivity index (χ4n) is 2.30. The van der Waals surface area contributed by atoms with E-state index in [-0.39, 0.29) is 6.10 Å². The first-order valence-electron chi connectivity index (χ1n) is 8.89. The molecule has 0 spiro atoms. The van der Waals surface area contributed by atoms with Crippen molar-refractivity contribution >= 4 is 12.1 Å². The van der Waals surface area contributed by atoms with E-state index in [9.17, 15) is 9.59 Å². The standard InChI is InChI=1S/C20H30O5/c1-7-18(25-20(22)23-14(4)5)24-19(21)15(6)17-10-8-16(9-11-17)12-13(2)3/h8-11,13-15,18H,7,12H2,1-6H3/t15-,18?/m0/s1. The summed E-state index contributed by atoms with van der Waals surface area (Å²) in [6.07, 6.45) is -0.701. The molecular weight excluding hydrogens is 320 g/mol. The number of ether oxygens (including phenoxy) is 3. The van der Waals surface area contributed by atoms with E-state index in [0.717, 1.165) is 12.0 Å². The van der Waals surface area contributed by atoms with Crippen LogP contribution < -0.4 is 0 Å². The maximum Gasteiger partial charge on any atom is 0.511 e. The Bertz CT molecular complexity index is 548. The molecule has 0 aliphatic carbocycles. The van der Waals surface area contributed by atoms with Crippen LogP contribution in [-0.4, -0.2) is 24.5 Å². The Hall–Kier alpha value is -2.04. The summed E-state index contributed by atoms with van der Waals surface area (Å²) in [5, 5.41) is 0. The van der Waals surface area contributed by atoms with Crippen LogP contribution in [-0.2, 0) is 25.4 Å². The molecule has 0 radical (unpaired) electrons. The van der Waals surface area contributed by atoms with E-state index in [1.54, 1.807) is 27.7 Å². The molecule has 0 amide bonds. The second kappa shape index (κ2) is 10.1. The molecule has 1 aromatic carbocycles. The van der Waals surface area contributed by atoms with Crippen molar-refractivity contribution < 1.29 is 23.8 Å². The predicted molar refractivity (Wildman–Crippen MR) is 96.3 cm³/mol. The van der Waals surface area contributed by atoms with Crippen molar-refractivity contribution in [3.8, 4) is 0 Å². The highest BCUT2D eigenvalue weighted by Crippen LogP contribution is 2.20. The molecule has 0 N–H and O–H groups in total. The third kappa shape index (κ3) is 7.59. The topological polar surface area (TPSA) is 61.8 Å². The van der Waals surface area contributed by atoms with Crippen molar-refractivity contribution in [3.05, 3.63) is 35.4 Å². The van der Waals surface area contributed by atoms with E-state index in [2.05, 4.69) is 13.8 Å².